The average molecular weight is 244 g/mol. The van der Waals surface area contributed by atoms with Gasteiger partial charge in [-0.2, -0.15) is 0 Å². The van der Waals surface area contributed by atoms with E-state index in [-0.39, 0.29) is 17.9 Å². The van der Waals surface area contributed by atoms with Gasteiger partial charge in [0.2, 0.25) is 5.91 Å². The number of hydrogen-bond acceptors (Lipinski definition) is 4. The van der Waals surface area contributed by atoms with E-state index in [0.717, 1.165) is 12.8 Å². The molecule has 2 atom stereocenters. The summed E-state index contributed by atoms with van der Waals surface area (Å²) in [7, 11) is 4.75. The number of carbonyl (C=O) groups excluding carboxylic acids is 2. The molecule has 0 aliphatic carbocycles. The average Bonchev–Trinajstić information content (AvgIpc) is 2.31. The number of unbranched alkanes of at least 4 members (excludes halogenated alkanes) is 1. The Morgan fingerprint density at radius 1 is 1.35 bits per heavy atom. The molecule has 0 heterocycles. The van der Waals surface area contributed by atoms with E-state index in [1.165, 1.54) is 12.0 Å². The molecule has 0 aliphatic rings. The van der Waals surface area contributed by atoms with Crippen molar-refractivity contribution in [3.05, 3.63) is 0 Å². The quantitative estimate of drug-likeness (QED) is 0.673. The van der Waals surface area contributed by atoms with Gasteiger partial charge in [0, 0.05) is 14.1 Å². The van der Waals surface area contributed by atoms with Crippen LogP contribution in [-0.4, -0.2) is 50.1 Å². The third-order valence-electron chi connectivity index (χ3n) is 2.59. The lowest BCUT2D eigenvalue weighted by molar-refractivity contribution is -0.144. The van der Waals surface area contributed by atoms with Gasteiger partial charge in [0.25, 0.3) is 0 Å². The maximum absolute atomic E-state index is 11.7. The minimum Gasteiger partial charge on any atom is -0.468 e. The summed E-state index contributed by atoms with van der Waals surface area (Å²) in [6.07, 6.45) is 2.62. The minimum atomic E-state index is -0.404. The molecule has 0 saturated heterocycles. The third kappa shape index (κ3) is 5.68. The van der Waals surface area contributed by atoms with E-state index in [1.54, 1.807) is 21.0 Å². The minimum absolute atomic E-state index is 0.0459. The van der Waals surface area contributed by atoms with Crippen molar-refractivity contribution >= 4 is 11.9 Å². The number of nitrogens with one attached hydrogen (secondary N) is 1. The van der Waals surface area contributed by atoms with Gasteiger partial charge in [0.05, 0.1) is 13.2 Å². The lowest BCUT2D eigenvalue weighted by Gasteiger charge is -2.23. The molecule has 0 aromatic rings. The van der Waals surface area contributed by atoms with Crippen molar-refractivity contribution in [2.75, 3.05) is 21.2 Å². The van der Waals surface area contributed by atoms with Crippen LogP contribution < -0.4 is 5.32 Å². The summed E-state index contributed by atoms with van der Waals surface area (Å²) in [6.45, 7) is 3.81. The summed E-state index contributed by atoms with van der Waals surface area (Å²) >= 11 is 0. The zero-order valence-electron chi connectivity index (χ0n) is 11.4. The van der Waals surface area contributed by atoms with E-state index >= 15 is 0 Å². The molecule has 2 unspecified atom stereocenters. The van der Waals surface area contributed by atoms with Crippen molar-refractivity contribution in [3.63, 3.8) is 0 Å². The van der Waals surface area contributed by atoms with Crippen molar-refractivity contribution in [2.45, 2.75) is 45.2 Å². The van der Waals surface area contributed by atoms with Crippen LogP contribution in [0.4, 0.5) is 0 Å². The van der Waals surface area contributed by atoms with Gasteiger partial charge in [-0.15, -0.1) is 0 Å². The molecule has 0 radical (unpaired) electrons. The van der Waals surface area contributed by atoms with Gasteiger partial charge in [0.1, 0.15) is 6.04 Å². The molecule has 0 aromatic heterocycles. The highest BCUT2D eigenvalue weighted by atomic mass is 16.5. The molecule has 0 aliphatic heterocycles. The van der Waals surface area contributed by atoms with Gasteiger partial charge in [-0.05, 0) is 13.3 Å². The van der Waals surface area contributed by atoms with Gasteiger partial charge in [-0.25, -0.2) is 0 Å². The van der Waals surface area contributed by atoms with E-state index in [0.29, 0.717) is 6.42 Å². The smallest absolute Gasteiger partial charge is 0.322 e. The van der Waals surface area contributed by atoms with Gasteiger partial charge < -0.3 is 9.64 Å². The molecule has 0 spiro atoms. The Morgan fingerprint density at radius 3 is 2.35 bits per heavy atom. The highest BCUT2D eigenvalue weighted by Gasteiger charge is 2.24. The SMILES string of the molecule is CCCCC(NC(C)C(=O)N(C)C)C(=O)OC. The molecule has 0 aromatic carbocycles. The Hall–Kier alpha value is -1.10. The zero-order chi connectivity index (χ0) is 13.4. The first-order chi connectivity index (χ1) is 7.93. The third-order valence-corrected chi connectivity index (χ3v) is 2.59. The number of carbonyl (C=O) groups is 2. The molecule has 5 heteroatoms. The normalized spacial score (nSPS) is 13.9. The molecule has 0 saturated carbocycles. The number of esters is 1. The van der Waals surface area contributed by atoms with Crippen LogP contribution in [0.2, 0.25) is 0 Å². The van der Waals surface area contributed by atoms with Crippen LogP contribution in [0.25, 0.3) is 0 Å². The highest BCUT2D eigenvalue weighted by Crippen LogP contribution is 2.04. The van der Waals surface area contributed by atoms with Gasteiger partial charge in [-0.1, -0.05) is 19.8 Å². The van der Waals surface area contributed by atoms with Crippen molar-refractivity contribution in [3.8, 4) is 0 Å². The van der Waals surface area contributed by atoms with Crippen LogP contribution in [-0.2, 0) is 14.3 Å². The first kappa shape index (κ1) is 15.9. The second-order valence-electron chi connectivity index (χ2n) is 4.34. The van der Waals surface area contributed by atoms with Crippen molar-refractivity contribution in [2.24, 2.45) is 0 Å². The van der Waals surface area contributed by atoms with Crippen LogP contribution in [0.3, 0.4) is 0 Å². The summed E-state index contributed by atoms with van der Waals surface area (Å²) in [5.41, 5.74) is 0. The maximum atomic E-state index is 11.7. The van der Waals surface area contributed by atoms with Crippen LogP contribution in [0, 0.1) is 0 Å². The first-order valence-electron chi connectivity index (χ1n) is 5.99. The molecule has 5 nitrogen and oxygen atoms in total. The zero-order valence-corrected chi connectivity index (χ0v) is 11.4. The number of nitrogens with zero attached hydrogens (tertiary/aromatic N) is 1. The fourth-order valence-corrected chi connectivity index (χ4v) is 1.58. The van der Waals surface area contributed by atoms with E-state index in [1.807, 2.05) is 0 Å². The summed E-state index contributed by atoms with van der Waals surface area (Å²) in [4.78, 5) is 24.7. The summed E-state index contributed by atoms with van der Waals surface area (Å²) in [5.74, 6) is -0.354. The molecule has 0 rings (SSSR count). The predicted octanol–water partition coefficient (Wildman–Crippen LogP) is 0.785. The Kier molecular flexibility index (Phi) is 7.54. The lowest BCUT2D eigenvalue weighted by Crippen LogP contribution is -2.49. The number of hydrogen-bond donors (Lipinski definition) is 1. The number of methoxy groups -OCH3 is 1. The number of rotatable bonds is 7. The Labute approximate surface area is 103 Å². The molecule has 17 heavy (non-hydrogen) atoms. The predicted molar refractivity (Wildman–Crippen MR) is 66.6 cm³/mol. The second kappa shape index (κ2) is 8.06. The number of likely N-dealkylation sites (N-methyl/N-ethyl adjacent to an activating group) is 1. The van der Waals surface area contributed by atoms with Crippen LogP contribution in [0.1, 0.15) is 33.1 Å². The van der Waals surface area contributed by atoms with Crippen LogP contribution in [0.15, 0.2) is 0 Å². The highest BCUT2D eigenvalue weighted by molar-refractivity contribution is 5.82. The first-order valence-corrected chi connectivity index (χ1v) is 5.99. The molecular weight excluding hydrogens is 220 g/mol. The molecule has 1 N–H and O–H groups in total. The molecule has 0 fully saturated rings. The number of ether oxygens (including phenoxy) is 1. The largest absolute Gasteiger partial charge is 0.468 e. The maximum Gasteiger partial charge on any atom is 0.322 e. The molecule has 100 valence electrons. The van der Waals surface area contributed by atoms with Gasteiger partial charge in [0.15, 0.2) is 0 Å². The van der Waals surface area contributed by atoms with Gasteiger partial charge >= 0.3 is 5.97 Å². The Morgan fingerprint density at radius 2 is 1.94 bits per heavy atom. The Balaban J connectivity index is 4.41. The van der Waals surface area contributed by atoms with E-state index < -0.39 is 6.04 Å². The molecule has 0 bridgehead atoms. The summed E-state index contributed by atoms with van der Waals surface area (Å²) in [6, 6.07) is -0.787. The lowest BCUT2D eigenvalue weighted by atomic mass is 10.1. The van der Waals surface area contributed by atoms with E-state index in [9.17, 15) is 9.59 Å². The molecular formula is C12H24N2O3. The Bertz CT molecular complexity index is 254. The van der Waals surface area contributed by atoms with Crippen molar-refractivity contribution in [1.82, 2.24) is 10.2 Å². The molecule has 1 amide bonds. The standard InChI is InChI=1S/C12H24N2O3/c1-6-7-8-10(12(16)17-5)13-9(2)11(15)14(3)4/h9-10,13H,6-8H2,1-5H3. The van der Waals surface area contributed by atoms with Crippen LogP contribution >= 0.6 is 0 Å². The fourth-order valence-electron chi connectivity index (χ4n) is 1.58. The van der Waals surface area contributed by atoms with Crippen molar-refractivity contribution in [1.29, 1.82) is 0 Å². The van der Waals surface area contributed by atoms with E-state index in [4.69, 9.17) is 4.74 Å². The topological polar surface area (TPSA) is 58.6 Å². The van der Waals surface area contributed by atoms with E-state index in [2.05, 4.69) is 12.2 Å². The summed E-state index contributed by atoms with van der Waals surface area (Å²) in [5, 5.41) is 3.02. The van der Waals surface area contributed by atoms with Crippen molar-refractivity contribution < 1.29 is 14.3 Å². The van der Waals surface area contributed by atoms with Gasteiger partial charge in [-0.3, -0.25) is 14.9 Å². The van der Waals surface area contributed by atoms with Crippen LogP contribution in [0.5, 0.6) is 0 Å². The second-order valence-corrected chi connectivity index (χ2v) is 4.34. The monoisotopic (exact) mass is 244 g/mol. The number of amides is 1. The summed E-state index contributed by atoms with van der Waals surface area (Å²) < 4.78 is 4.72. The fraction of sp³-hybridized carbons (Fsp3) is 0.833.